The second kappa shape index (κ2) is 38.5. The van der Waals surface area contributed by atoms with E-state index in [1.807, 2.05) is 0 Å². The summed E-state index contributed by atoms with van der Waals surface area (Å²) in [6.45, 7) is 0.299. The number of nitrogens with two attached hydrogens (primary N) is 2. The molecule has 0 amide bonds. The van der Waals surface area contributed by atoms with Crippen LogP contribution in [0, 0.1) is 4.91 Å². The summed E-state index contributed by atoms with van der Waals surface area (Å²) in [6.07, 6.45) is -0.759. The molecule has 10 heteroatoms. The molecule has 0 radical (unpaired) electrons. The van der Waals surface area contributed by atoms with Gasteiger partial charge in [0.05, 0.1) is 0 Å². The Hall–Kier alpha value is 0.838. The molecule has 0 saturated carbocycles. The van der Waals surface area contributed by atoms with E-state index in [0.29, 0.717) is 0 Å². The van der Waals surface area contributed by atoms with Crippen molar-refractivity contribution in [3.05, 3.63) is 4.91 Å². The Balaban J connectivity index is -0.0000000160. The van der Waals surface area contributed by atoms with Gasteiger partial charge < -0.3 is 59.0 Å². The Labute approximate surface area is 109 Å². The first-order valence-electron chi connectivity index (χ1n) is 2.25. The monoisotopic (exact) mass is 436 g/mol. The molecule has 0 unspecified atom stereocenters. The predicted octanol–water partition coefficient (Wildman–Crippen LogP) is -11.2. The molecule has 0 fully saturated rings. The maximum Gasteiger partial charge on any atom is 4.00 e. The SMILES string of the molecule is NCC([O-])CN.O=NO.[Cl-].[Cl-].[Cl-].[Pt+4]. The van der Waals surface area contributed by atoms with E-state index in [9.17, 15) is 5.11 Å². The molecule has 0 spiro atoms. The molecule has 0 rings (SSSR count). The van der Waals surface area contributed by atoms with Gasteiger partial charge in [0.25, 0.3) is 0 Å². The second-order valence-electron chi connectivity index (χ2n) is 1.18. The maximum atomic E-state index is 10.0. The summed E-state index contributed by atoms with van der Waals surface area (Å²) in [5.41, 5.74) is 9.78. The van der Waals surface area contributed by atoms with Gasteiger partial charge in [-0.2, -0.15) is 0 Å². The molecular formula is C3H10Cl3N3O3Pt. The molecule has 0 atom stereocenters. The van der Waals surface area contributed by atoms with Crippen molar-refractivity contribution in [1.82, 2.24) is 0 Å². The zero-order valence-electron chi connectivity index (χ0n) is 6.31. The van der Waals surface area contributed by atoms with Crippen LogP contribution in [0.15, 0.2) is 5.34 Å². The zero-order valence-corrected chi connectivity index (χ0v) is 10.8. The van der Waals surface area contributed by atoms with Crippen LogP contribution in [0.2, 0.25) is 0 Å². The van der Waals surface area contributed by atoms with E-state index in [-0.39, 0.29) is 71.4 Å². The van der Waals surface area contributed by atoms with Crippen LogP contribution < -0.4 is 53.8 Å². The summed E-state index contributed by atoms with van der Waals surface area (Å²) in [5.74, 6) is 0. The first kappa shape index (κ1) is 37.1. The summed E-state index contributed by atoms with van der Waals surface area (Å²) >= 11 is 0. The fraction of sp³-hybridized carbons (Fsp3) is 1.00. The molecular weight excluding hydrogens is 427 g/mol. The van der Waals surface area contributed by atoms with Gasteiger partial charge in [0.15, 0.2) is 5.34 Å². The second-order valence-corrected chi connectivity index (χ2v) is 1.18. The smallest absolute Gasteiger partial charge is 1.00 e. The van der Waals surface area contributed by atoms with Crippen LogP contribution >= 0.6 is 0 Å². The normalized spacial score (nSPS) is 5.54. The van der Waals surface area contributed by atoms with Crippen molar-refractivity contribution in [3.8, 4) is 0 Å². The van der Waals surface area contributed by atoms with E-state index < -0.39 is 6.10 Å². The van der Waals surface area contributed by atoms with E-state index >= 15 is 0 Å². The molecule has 13 heavy (non-hydrogen) atoms. The molecule has 6 nitrogen and oxygen atoms in total. The largest absolute Gasteiger partial charge is 4.00 e. The van der Waals surface area contributed by atoms with Gasteiger partial charge in [0.2, 0.25) is 0 Å². The minimum absolute atomic E-state index is 0. The van der Waals surface area contributed by atoms with Crippen LogP contribution in [0.1, 0.15) is 0 Å². The molecule has 86 valence electrons. The molecule has 0 aromatic heterocycles. The van der Waals surface area contributed by atoms with Gasteiger partial charge in [0, 0.05) is 0 Å². The van der Waals surface area contributed by atoms with Crippen molar-refractivity contribution in [1.29, 1.82) is 0 Å². The van der Waals surface area contributed by atoms with Crippen molar-refractivity contribution < 1.29 is 68.6 Å². The summed E-state index contributed by atoms with van der Waals surface area (Å²) < 4.78 is 0. The Morgan fingerprint density at radius 2 is 1.38 bits per heavy atom. The number of nitrogens with zero attached hydrogens (tertiary/aromatic N) is 1. The van der Waals surface area contributed by atoms with Gasteiger partial charge in [-0.05, 0) is 13.1 Å². The topological polar surface area (TPSA) is 125 Å². The Kier molecular flexibility index (Phi) is 110. The zero-order chi connectivity index (χ0) is 7.70. The fourth-order valence-corrected chi connectivity index (χ4v) is 0.0962. The molecule has 0 aromatic carbocycles. The first-order chi connectivity index (χ1) is 4.22. The van der Waals surface area contributed by atoms with E-state index in [1.165, 1.54) is 5.34 Å². The molecule has 0 aliphatic rings. The van der Waals surface area contributed by atoms with E-state index in [1.54, 1.807) is 0 Å². The first-order valence-corrected chi connectivity index (χ1v) is 2.25. The van der Waals surface area contributed by atoms with Gasteiger partial charge >= 0.3 is 21.1 Å². The molecule has 5 N–H and O–H groups in total. The molecule has 0 heterocycles. The summed E-state index contributed by atoms with van der Waals surface area (Å²) in [7, 11) is 0. The third-order valence-electron chi connectivity index (χ3n) is 0.526. The van der Waals surface area contributed by atoms with Crippen LogP contribution in [-0.2, 0) is 21.1 Å². The summed E-state index contributed by atoms with van der Waals surface area (Å²) in [6, 6.07) is 0. The minimum Gasteiger partial charge on any atom is -1.00 e. The van der Waals surface area contributed by atoms with Crippen LogP contribution in [-0.4, -0.2) is 24.4 Å². The van der Waals surface area contributed by atoms with Crippen LogP contribution in [0.5, 0.6) is 0 Å². The Morgan fingerprint density at radius 3 is 1.38 bits per heavy atom. The quantitative estimate of drug-likeness (QED) is 0.292. The van der Waals surface area contributed by atoms with Crippen molar-refractivity contribution in [2.75, 3.05) is 13.1 Å². The molecule has 0 aliphatic carbocycles. The predicted molar refractivity (Wildman–Crippen MR) is 29.5 cm³/mol. The maximum absolute atomic E-state index is 10.0. The third-order valence-corrected chi connectivity index (χ3v) is 0.526. The van der Waals surface area contributed by atoms with Crippen molar-refractivity contribution >= 4 is 0 Å². The van der Waals surface area contributed by atoms with Crippen molar-refractivity contribution in [3.63, 3.8) is 0 Å². The third kappa shape index (κ3) is 64.4. The van der Waals surface area contributed by atoms with Gasteiger partial charge in [-0.15, -0.1) is 11.0 Å². The molecule has 0 aromatic rings. The van der Waals surface area contributed by atoms with Crippen molar-refractivity contribution in [2.45, 2.75) is 6.10 Å². The standard InChI is InChI=1S/C3H9N2O.3ClH.HNO2.Pt/c4-1-3(6)2-5;;;;2-1-3;/h3H,1-2,4-5H2;3*1H;(H,2,3);/q-1;;;;;+4/p-3. The number of hydrogen-bond donors (Lipinski definition) is 3. The fourth-order valence-electron chi connectivity index (χ4n) is 0.0962. The van der Waals surface area contributed by atoms with Crippen molar-refractivity contribution in [2.24, 2.45) is 16.8 Å². The Morgan fingerprint density at radius 1 is 1.23 bits per heavy atom. The number of halogens is 3. The van der Waals surface area contributed by atoms with E-state index in [0.717, 1.165) is 0 Å². The van der Waals surface area contributed by atoms with E-state index in [4.69, 9.17) is 21.6 Å². The van der Waals surface area contributed by atoms with Gasteiger partial charge in [-0.25, -0.2) is 0 Å². The van der Waals surface area contributed by atoms with Gasteiger partial charge in [0.1, 0.15) is 0 Å². The van der Waals surface area contributed by atoms with Gasteiger partial charge in [-0.1, -0.05) is 0 Å². The summed E-state index contributed by atoms with van der Waals surface area (Å²) in [5, 5.41) is 17.9. The summed E-state index contributed by atoms with van der Waals surface area (Å²) in [4.78, 5) is 8.11. The molecule has 0 bridgehead atoms. The van der Waals surface area contributed by atoms with Crippen LogP contribution in [0.4, 0.5) is 0 Å². The van der Waals surface area contributed by atoms with Gasteiger partial charge in [-0.3, -0.25) is 0 Å². The van der Waals surface area contributed by atoms with Crippen LogP contribution in [0.3, 0.4) is 0 Å². The Bertz CT molecular complexity index is 71.1. The number of hydrogen-bond acceptors (Lipinski definition) is 5. The minimum atomic E-state index is -0.759. The van der Waals surface area contributed by atoms with Crippen LogP contribution in [0.25, 0.3) is 0 Å². The van der Waals surface area contributed by atoms with E-state index in [2.05, 4.69) is 0 Å². The average Bonchev–Trinajstić information content (AvgIpc) is 1.88. The number of rotatable bonds is 2. The molecule has 0 saturated heterocycles. The average molecular weight is 438 g/mol. The molecule has 0 aliphatic heterocycles.